The van der Waals surface area contributed by atoms with E-state index < -0.39 is 23.8 Å². The van der Waals surface area contributed by atoms with Crippen LogP contribution in [-0.4, -0.2) is 53.7 Å². The fourth-order valence-corrected chi connectivity index (χ4v) is 5.49. The molecule has 1 aliphatic heterocycles. The number of rotatable bonds is 4. The number of piperidine rings is 1. The van der Waals surface area contributed by atoms with Gasteiger partial charge in [-0.05, 0) is 64.2 Å². The molecule has 0 aromatic carbocycles. The van der Waals surface area contributed by atoms with Crippen LogP contribution in [0.15, 0.2) is 0 Å². The van der Waals surface area contributed by atoms with Gasteiger partial charge in [-0.25, -0.2) is 9.59 Å². The number of methoxy groups -OCH3 is 1. The van der Waals surface area contributed by atoms with E-state index in [0.717, 1.165) is 51.4 Å². The van der Waals surface area contributed by atoms with Gasteiger partial charge in [-0.3, -0.25) is 4.79 Å². The van der Waals surface area contributed by atoms with Crippen molar-refractivity contribution in [2.45, 2.75) is 103 Å². The smallest absolute Gasteiger partial charge is 0.408 e. The molecule has 3 rings (SSSR count). The zero-order valence-corrected chi connectivity index (χ0v) is 18.5. The molecule has 164 valence electrons. The molecule has 29 heavy (non-hydrogen) atoms. The number of hydrogen-bond donors (Lipinski definition) is 1. The number of alkyl carbamates (subject to hydrolysis) is 1. The van der Waals surface area contributed by atoms with E-state index in [9.17, 15) is 14.4 Å². The van der Waals surface area contributed by atoms with Gasteiger partial charge in [0.25, 0.3) is 0 Å². The van der Waals surface area contributed by atoms with Crippen molar-refractivity contribution < 1.29 is 23.9 Å². The Kier molecular flexibility index (Phi) is 6.16. The summed E-state index contributed by atoms with van der Waals surface area (Å²) in [6.07, 6.45) is 7.03. The lowest BCUT2D eigenvalue weighted by atomic mass is 9.70. The van der Waals surface area contributed by atoms with E-state index in [1.807, 2.05) is 0 Å². The van der Waals surface area contributed by atoms with Crippen molar-refractivity contribution in [2.24, 2.45) is 11.3 Å². The van der Waals surface area contributed by atoms with Crippen LogP contribution in [0.3, 0.4) is 0 Å². The molecule has 7 nitrogen and oxygen atoms in total. The number of hydrogen-bond acceptors (Lipinski definition) is 5. The number of esters is 1. The Morgan fingerprint density at radius 2 is 1.76 bits per heavy atom. The first kappa shape index (κ1) is 21.9. The van der Waals surface area contributed by atoms with Crippen molar-refractivity contribution in [1.29, 1.82) is 0 Å². The summed E-state index contributed by atoms with van der Waals surface area (Å²) < 4.78 is 10.5. The highest BCUT2D eigenvalue weighted by Crippen LogP contribution is 2.46. The number of fused-ring (bicyclic) bond motifs is 2. The second-order valence-electron chi connectivity index (χ2n) is 10.2. The maximum atomic E-state index is 13.8. The van der Waals surface area contributed by atoms with Crippen LogP contribution in [0, 0.1) is 11.3 Å². The minimum atomic E-state index is -0.704. The standard InChI is InChI=1S/C22H36N2O5/c1-21(2,3)29-20(27)23-17(22(4)11-7-6-8-12-22)18(25)24-15-10-9-14(13-15)16(24)19(26)28-5/h14-17H,6-13H2,1-5H3,(H,23,27)/t14-,15+,16-,17+/m0/s1. The van der Waals surface area contributed by atoms with Gasteiger partial charge in [0.05, 0.1) is 7.11 Å². The summed E-state index contributed by atoms with van der Waals surface area (Å²) in [4.78, 5) is 40.6. The van der Waals surface area contributed by atoms with Crippen molar-refractivity contribution in [3.8, 4) is 0 Å². The molecule has 3 fully saturated rings. The maximum Gasteiger partial charge on any atom is 0.408 e. The van der Waals surface area contributed by atoms with E-state index in [-0.39, 0.29) is 29.3 Å². The van der Waals surface area contributed by atoms with Crippen LogP contribution >= 0.6 is 0 Å². The average Bonchev–Trinajstić information content (AvgIpc) is 3.25. The average molecular weight is 409 g/mol. The number of nitrogens with zero attached hydrogens (tertiary/aromatic N) is 1. The molecule has 2 aliphatic carbocycles. The number of nitrogens with one attached hydrogen (secondary N) is 1. The van der Waals surface area contributed by atoms with Gasteiger partial charge in [0.15, 0.2) is 0 Å². The Labute approximate surface area is 173 Å². The number of carbonyl (C=O) groups is 3. The first-order chi connectivity index (χ1) is 13.6. The lowest BCUT2D eigenvalue weighted by molar-refractivity contribution is -0.157. The van der Waals surface area contributed by atoms with Crippen molar-refractivity contribution in [3.05, 3.63) is 0 Å². The molecule has 0 aromatic rings. The van der Waals surface area contributed by atoms with Crippen LogP contribution in [0.1, 0.15) is 79.1 Å². The Bertz CT molecular complexity index is 650. The molecular formula is C22H36N2O5. The minimum absolute atomic E-state index is 0.0479. The number of carbonyl (C=O) groups excluding carboxylic acids is 3. The molecule has 0 aromatic heterocycles. The lowest BCUT2D eigenvalue weighted by Gasteiger charge is -2.44. The molecule has 2 bridgehead atoms. The summed E-state index contributed by atoms with van der Waals surface area (Å²) >= 11 is 0. The zero-order valence-electron chi connectivity index (χ0n) is 18.5. The molecule has 1 N–H and O–H groups in total. The van der Waals surface area contributed by atoms with Crippen molar-refractivity contribution in [3.63, 3.8) is 0 Å². The topological polar surface area (TPSA) is 84.9 Å². The van der Waals surface area contributed by atoms with Crippen LogP contribution in [0.25, 0.3) is 0 Å². The molecule has 3 aliphatic rings. The van der Waals surface area contributed by atoms with Crippen molar-refractivity contribution >= 4 is 18.0 Å². The van der Waals surface area contributed by atoms with Gasteiger partial charge >= 0.3 is 12.1 Å². The van der Waals surface area contributed by atoms with Crippen LogP contribution < -0.4 is 5.32 Å². The summed E-state index contributed by atoms with van der Waals surface area (Å²) in [5.41, 5.74) is -0.999. The third-order valence-corrected chi connectivity index (χ3v) is 6.88. The highest BCUT2D eigenvalue weighted by atomic mass is 16.6. The first-order valence-electron chi connectivity index (χ1n) is 11.0. The molecule has 2 amide bonds. The highest BCUT2D eigenvalue weighted by Gasteiger charge is 2.55. The Balaban J connectivity index is 1.87. The molecule has 0 radical (unpaired) electrons. The second-order valence-corrected chi connectivity index (χ2v) is 10.2. The summed E-state index contributed by atoms with van der Waals surface area (Å²) in [5.74, 6) is -0.365. The van der Waals surface area contributed by atoms with Crippen LogP contribution in [0.2, 0.25) is 0 Å². The van der Waals surface area contributed by atoms with Crippen molar-refractivity contribution in [1.82, 2.24) is 10.2 Å². The molecule has 2 saturated carbocycles. The van der Waals surface area contributed by atoms with Crippen LogP contribution in [-0.2, 0) is 19.1 Å². The van der Waals surface area contributed by atoms with E-state index in [1.54, 1.807) is 25.7 Å². The summed E-state index contributed by atoms with van der Waals surface area (Å²) in [6, 6.07) is -1.20. The number of ether oxygens (including phenoxy) is 2. The van der Waals surface area contributed by atoms with Gasteiger partial charge in [0.2, 0.25) is 5.91 Å². The van der Waals surface area contributed by atoms with Gasteiger partial charge in [0, 0.05) is 6.04 Å². The van der Waals surface area contributed by atoms with E-state index in [1.165, 1.54) is 7.11 Å². The van der Waals surface area contributed by atoms with Gasteiger partial charge in [-0.15, -0.1) is 0 Å². The normalized spacial score (nSPS) is 29.3. The maximum absolute atomic E-state index is 13.8. The van der Waals surface area contributed by atoms with E-state index in [2.05, 4.69) is 12.2 Å². The van der Waals surface area contributed by atoms with Crippen LogP contribution in [0.5, 0.6) is 0 Å². The zero-order chi connectivity index (χ0) is 21.4. The first-order valence-corrected chi connectivity index (χ1v) is 11.0. The molecule has 1 saturated heterocycles. The van der Waals surface area contributed by atoms with Gasteiger partial charge < -0.3 is 19.7 Å². The van der Waals surface area contributed by atoms with E-state index >= 15 is 0 Å². The molecule has 0 unspecified atom stereocenters. The Morgan fingerprint density at radius 3 is 2.34 bits per heavy atom. The fraction of sp³-hybridized carbons (Fsp3) is 0.864. The predicted molar refractivity (Wildman–Crippen MR) is 108 cm³/mol. The van der Waals surface area contributed by atoms with Crippen molar-refractivity contribution in [2.75, 3.05) is 7.11 Å². The fourth-order valence-electron chi connectivity index (χ4n) is 5.49. The third kappa shape index (κ3) is 4.53. The minimum Gasteiger partial charge on any atom is -0.467 e. The van der Waals surface area contributed by atoms with Gasteiger partial charge in [-0.1, -0.05) is 26.2 Å². The molecular weight excluding hydrogens is 372 g/mol. The molecule has 4 atom stereocenters. The largest absolute Gasteiger partial charge is 0.467 e. The highest BCUT2D eigenvalue weighted by molar-refractivity contribution is 5.91. The van der Waals surface area contributed by atoms with Gasteiger partial charge in [-0.2, -0.15) is 0 Å². The Morgan fingerprint density at radius 1 is 1.10 bits per heavy atom. The quantitative estimate of drug-likeness (QED) is 0.721. The molecule has 7 heteroatoms. The summed E-state index contributed by atoms with van der Waals surface area (Å²) in [7, 11) is 1.37. The molecule has 0 spiro atoms. The summed E-state index contributed by atoms with van der Waals surface area (Å²) in [6.45, 7) is 7.49. The van der Waals surface area contributed by atoms with E-state index in [4.69, 9.17) is 9.47 Å². The van der Waals surface area contributed by atoms with E-state index in [0.29, 0.717) is 0 Å². The summed E-state index contributed by atoms with van der Waals surface area (Å²) in [5, 5.41) is 2.89. The third-order valence-electron chi connectivity index (χ3n) is 6.88. The van der Waals surface area contributed by atoms with Crippen LogP contribution in [0.4, 0.5) is 4.79 Å². The number of amides is 2. The SMILES string of the molecule is COC(=O)[C@@H]1[C@H]2CC[C@H](C2)N1C(=O)[C@@H](NC(=O)OC(C)(C)C)C1(C)CCCCC1. The number of likely N-dealkylation sites (tertiary alicyclic amines) is 1. The predicted octanol–water partition coefficient (Wildman–Crippen LogP) is 3.40. The lowest BCUT2D eigenvalue weighted by Crippen LogP contribution is -2.61. The van der Waals surface area contributed by atoms with Gasteiger partial charge in [0.1, 0.15) is 17.7 Å². The Hall–Kier alpha value is -1.79. The molecule has 1 heterocycles. The second kappa shape index (κ2) is 8.15. The monoisotopic (exact) mass is 408 g/mol.